The van der Waals surface area contributed by atoms with E-state index in [0.717, 1.165) is 0 Å². The third kappa shape index (κ3) is 3.51. The van der Waals surface area contributed by atoms with Crippen molar-refractivity contribution in [1.82, 2.24) is 4.13 Å². The Bertz CT molecular complexity index is 589. The molecular weight excluding hydrogens is 264 g/mol. The Balaban J connectivity index is 3.28. The molecule has 1 aromatic carbocycles. The second-order valence-corrected chi connectivity index (χ2v) is 6.65. The Labute approximate surface area is 91.2 Å². The van der Waals surface area contributed by atoms with Crippen molar-refractivity contribution in [2.24, 2.45) is 0 Å². The van der Waals surface area contributed by atoms with Crippen LogP contribution in [0.4, 0.5) is 8.78 Å². The zero-order valence-electron chi connectivity index (χ0n) is 7.94. The number of hydrogen-bond donors (Lipinski definition) is 1. The SMILES string of the molecule is CS(=O)(=O)NS(=O)(=O)c1cc(F)cc(F)c1. The van der Waals surface area contributed by atoms with E-state index < -0.39 is 36.6 Å². The van der Waals surface area contributed by atoms with Gasteiger partial charge < -0.3 is 0 Å². The Hall–Kier alpha value is -1.06. The number of sulfonamides is 2. The zero-order valence-corrected chi connectivity index (χ0v) is 9.57. The fraction of sp³-hybridized carbons (Fsp3) is 0.143. The third-order valence-electron chi connectivity index (χ3n) is 1.41. The lowest BCUT2D eigenvalue weighted by Gasteiger charge is -2.04. The molecule has 0 unspecified atom stereocenters. The van der Waals surface area contributed by atoms with Crippen molar-refractivity contribution in [2.45, 2.75) is 4.90 Å². The van der Waals surface area contributed by atoms with E-state index in [1.54, 1.807) is 0 Å². The van der Waals surface area contributed by atoms with Crippen LogP contribution in [0.3, 0.4) is 0 Å². The second-order valence-electron chi connectivity index (χ2n) is 2.96. The van der Waals surface area contributed by atoms with Crippen LogP contribution < -0.4 is 4.13 Å². The number of benzene rings is 1. The molecule has 0 bridgehead atoms. The summed E-state index contributed by atoms with van der Waals surface area (Å²) < 4.78 is 70.8. The van der Waals surface area contributed by atoms with E-state index in [0.29, 0.717) is 24.5 Å². The topological polar surface area (TPSA) is 80.3 Å². The zero-order chi connectivity index (χ0) is 12.6. The van der Waals surface area contributed by atoms with Crippen LogP contribution in [0.2, 0.25) is 0 Å². The molecule has 1 aromatic rings. The maximum atomic E-state index is 12.7. The molecule has 0 atom stereocenters. The molecule has 1 rings (SSSR count). The summed E-state index contributed by atoms with van der Waals surface area (Å²) in [6.07, 6.45) is 0.611. The summed E-state index contributed by atoms with van der Waals surface area (Å²) in [6.45, 7) is 0. The minimum Gasteiger partial charge on any atom is -0.212 e. The molecule has 0 aromatic heterocycles. The van der Waals surface area contributed by atoms with Gasteiger partial charge in [-0.2, -0.15) is 0 Å². The first-order chi connectivity index (χ1) is 7.10. The molecule has 0 aliphatic heterocycles. The van der Waals surface area contributed by atoms with Gasteiger partial charge in [-0.1, -0.05) is 0 Å². The van der Waals surface area contributed by atoms with Crippen molar-refractivity contribution < 1.29 is 25.6 Å². The molecular formula is C7H7F2NO4S2. The van der Waals surface area contributed by atoms with Gasteiger partial charge in [0.05, 0.1) is 11.2 Å². The number of halogens is 2. The van der Waals surface area contributed by atoms with Gasteiger partial charge in [-0.25, -0.2) is 25.6 Å². The van der Waals surface area contributed by atoms with Crippen molar-refractivity contribution in [3.8, 4) is 0 Å². The molecule has 0 saturated carbocycles. The van der Waals surface area contributed by atoms with Crippen LogP contribution in [0, 0.1) is 11.6 Å². The summed E-state index contributed by atoms with van der Waals surface area (Å²) in [5, 5.41) is 0. The molecule has 0 fully saturated rings. The molecule has 0 amide bonds. The highest BCUT2D eigenvalue weighted by Crippen LogP contribution is 2.13. The quantitative estimate of drug-likeness (QED) is 0.851. The van der Waals surface area contributed by atoms with Crippen molar-refractivity contribution in [3.05, 3.63) is 29.8 Å². The van der Waals surface area contributed by atoms with Crippen molar-refractivity contribution in [3.63, 3.8) is 0 Å². The summed E-state index contributed by atoms with van der Waals surface area (Å²) in [5.41, 5.74) is 0. The molecule has 0 aliphatic rings. The van der Waals surface area contributed by atoms with E-state index >= 15 is 0 Å². The van der Waals surface area contributed by atoms with E-state index in [9.17, 15) is 25.6 Å². The summed E-state index contributed by atoms with van der Waals surface area (Å²) in [4.78, 5) is -0.796. The molecule has 16 heavy (non-hydrogen) atoms. The Morgan fingerprint density at radius 2 is 1.44 bits per heavy atom. The van der Waals surface area contributed by atoms with Gasteiger partial charge in [0, 0.05) is 6.07 Å². The first-order valence-corrected chi connectivity index (χ1v) is 7.17. The standard InChI is InChI=1S/C7H7F2NO4S2/c1-15(11,12)10-16(13,14)7-3-5(8)2-6(9)4-7/h2-4,10H,1H3. The van der Waals surface area contributed by atoms with Crippen LogP contribution >= 0.6 is 0 Å². The van der Waals surface area contributed by atoms with E-state index in [1.807, 2.05) is 0 Å². The monoisotopic (exact) mass is 271 g/mol. The van der Waals surface area contributed by atoms with Crippen LogP contribution in [-0.2, 0) is 20.0 Å². The lowest BCUT2D eigenvalue weighted by Crippen LogP contribution is -2.29. The minimum absolute atomic E-state index is 0.472. The molecule has 9 heteroatoms. The highest BCUT2D eigenvalue weighted by atomic mass is 32.3. The van der Waals surface area contributed by atoms with E-state index in [1.165, 1.54) is 4.13 Å². The van der Waals surface area contributed by atoms with Gasteiger partial charge in [0.2, 0.25) is 10.0 Å². The van der Waals surface area contributed by atoms with E-state index in [4.69, 9.17) is 0 Å². The van der Waals surface area contributed by atoms with Crippen molar-refractivity contribution in [1.29, 1.82) is 0 Å². The van der Waals surface area contributed by atoms with Gasteiger partial charge in [0.1, 0.15) is 11.6 Å². The first kappa shape index (κ1) is 13.0. The van der Waals surface area contributed by atoms with Crippen LogP contribution in [0.15, 0.2) is 23.1 Å². The van der Waals surface area contributed by atoms with E-state index in [2.05, 4.69) is 0 Å². The van der Waals surface area contributed by atoms with Crippen molar-refractivity contribution in [2.75, 3.05) is 6.26 Å². The normalized spacial score (nSPS) is 12.7. The molecule has 0 heterocycles. The summed E-state index contributed by atoms with van der Waals surface area (Å²) in [7, 11) is -8.52. The fourth-order valence-corrected chi connectivity index (χ4v) is 3.45. The van der Waals surface area contributed by atoms with E-state index in [-0.39, 0.29) is 0 Å². The average molecular weight is 271 g/mol. The molecule has 1 N–H and O–H groups in total. The number of rotatable bonds is 3. The predicted molar refractivity (Wildman–Crippen MR) is 51.5 cm³/mol. The molecule has 5 nitrogen and oxygen atoms in total. The fourth-order valence-electron chi connectivity index (χ4n) is 0.931. The minimum atomic E-state index is -4.48. The smallest absolute Gasteiger partial charge is 0.212 e. The molecule has 0 aliphatic carbocycles. The van der Waals surface area contributed by atoms with Crippen LogP contribution in [-0.4, -0.2) is 23.1 Å². The summed E-state index contributed by atoms with van der Waals surface area (Å²) >= 11 is 0. The Morgan fingerprint density at radius 1 is 1.00 bits per heavy atom. The maximum Gasteiger partial charge on any atom is 0.253 e. The first-order valence-electron chi connectivity index (χ1n) is 3.80. The van der Waals surface area contributed by atoms with Crippen molar-refractivity contribution >= 4 is 20.0 Å². The van der Waals surface area contributed by atoms with Crippen LogP contribution in [0.5, 0.6) is 0 Å². The molecule has 90 valence electrons. The average Bonchev–Trinajstić information content (AvgIpc) is 1.96. The summed E-state index contributed by atoms with van der Waals surface area (Å²) in [6, 6.07) is 1.49. The largest absolute Gasteiger partial charge is 0.253 e. The highest BCUT2D eigenvalue weighted by molar-refractivity contribution is 8.04. The highest BCUT2D eigenvalue weighted by Gasteiger charge is 2.20. The molecule has 0 radical (unpaired) electrons. The lowest BCUT2D eigenvalue weighted by atomic mass is 10.3. The Morgan fingerprint density at radius 3 is 1.81 bits per heavy atom. The van der Waals surface area contributed by atoms with Gasteiger partial charge in [0.25, 0.3) is 10.0 Å². The lowest BCUT2D eigenvalue weighted by molar-refractivity contribution is 0.562. The van der Waals surface area contributed by atoms with Gasteiger partial charge in [-0.3, -0.25) is 0 Å². The number of hydrogen-bond acceptors (Lipinski definition) is 4. The predicted octanol–water partition coefficient (Wildman–Crippen LogP) is 0.203. The Kier molecular flexibility index (Phi) is 3.31. The maximum absolute atomic E-state index is 12.7. The third-order valence-corrected chi connectivity index (χ3v) is 4.35. The van der Waals surface area contributed by atoms with Crippen LogP contribution in [0.1, 0.15) is 0 Å². The van der Waals surface area contributed by atoms with Gasteiger partial charge in [-0.05, 0) is 12.1 Å². The van der Waals surface area contributed by atoms with Gasteiger partial charge in [0.15, 0.2) is 0 Å². The second kappa shape index (κ2) is 4.07. The molecule has 0 saturated heterocycles. The van der Waals surface area contributed by atoms with Gasteiger partial charge >= 0.3 is 0 Å². The van der Waals surface area contributed by atoms with Gasteiger partial charge in [-0.15, -0.1) is 4.13 Å². The van der Waals surface area contributed by atoms with Crippen LogP contribution in [0.25, 0.3) is 0 Å². The molecule has 0 spiro atoms. The summed E-state index contributed by atoms with van der Waals surface area (Å²) in [5.74, 6) is -2.23. The number of nitrogens with one attached hydrogen (secondary N) is 1.